The average molecular weight is 263 g/mol. The molecule has 0 heterocycles. The SMILES string of the molecule is Cc1cc(C(=O)NCC2(O)CCCCC2)ccc1O. The number of carbonyl (C=O) groups excluding carboxylic acids is 1. The zero-order chi connectivity index (χ0) is 13.9. The molecule has 1 aliphatic carbocycles. The highest BCUT2D eigenvalue weighted by Gasteiger charge is 2.29. The number of rotatable bonds is 3. The number of carbonyl (C=O) groups is 1. The van der Waals surface area contributed by atoms with E-state index in [1.165, 1.54) is 6.07 Å². The van der Waals surface area contributed by atoms with Crippen molar-refractivity contribution in [3.63, 3.8) is 0 Å². The van der Waals surface area contributed by atoms with Gasteiger partial charge in [-0.2, -0.15) is 0 Å². The first-order valence-electron chi connectivity index (χ1n) is 6.80. The number of benzene rings is 1. The summed E-state index contributed by atoms with van der Waals surface area (Å²) in [4.78, 5) is 12.0. The summed E-state index contributed by atoms with van der Waals surface area (Å²) in [5.41, 5.74) is 0.429. The van der Waals surface area contributed by atoms with Gasteiger partial charge in [0.2, 0.25) is 0 Å². The number of amides is 1. The Bertz CT molecular complexity index is 464. The Morgan fingerprint density at radius 3 is 2.63 bits per heavy atom. The van der Waals surface area contributed by atoms with Gasteiger partial charge in [-0.25, -0.2) is 0 Å². The van der Waals surface area contributed by atoms with Crippen LogP contribution in [0.3, 0.4) is 0 Å². The summed E-state index contributed by atoms with van der Waals surface area (Å²) in [6.07, 6.45) is 4.70. The molecule has 2 rings (SSSR count). The molecular formula is C15H21NO3. The van der Waals surface area contributed by atoms with E-state index in [0.717, 1.165) is 32.1 Å². The van der Waals surface area contributed by atoms with Gasteiger partial charge in [-0.1, -0.05) is 19.3 Å². The van der Waals surface area contributed by atoms with Crippen LogP contribution in [0.1, 0.15) is 48.0 Å². The second-order valence-corrected chi connectivity index (χ2v) is 5.47. The van der Waals surface area contributed by atoms with E-state index in [1.807, 2.05) is 0 Å². The Morgan fingerprint density at radius 2 is 2.00 bits per heavy atom. The van der Waals surface area contributed by atoms with E-state index in [2.05, 4.69) is 5.32 Å². The predicted octanol–water partition coefficient (Wildman–Crippen LogP) is 2.13. The fourth-order valence-electron chi connectivity index (χ4n) is 2.53. The standard InChI is InChI=1S/C15H21NO3/c1-11-9-12(5-6-13(11)17)14(18)16-10-15(19)7-3-2-4-8-15/h5-6,9,17,19H,2-4,7-8,10H2,1H3,(H,16,18). The molecule has 1 fully saturated rings. The molecule has 0 atom stereocenters. The minimum Gasteiger partial charge on any atom is -0.508 e. The molecule has 0 radical (unpaired) electrons. The van der Waals surface area contributed by atoms with E-state index in [0.29, 0.717) is 17.7 Å². The van der Waals surface area contributed by atoms with E-state index in [9.17, 15) is 15.0 Å². The lowest BCUT2D eigenvalue weighted by Crippen LogP contribution is -2.44. The van der Waals surface area contributed by atoms with Gasteiger partial charge in [0, 0.05) is 12.1 Å². The van der Waals surface area contributed by atoms with Crippen LogP contribution in [0.15, 0.2) is 18.2 Å². The summed E-state index contributed by atoms with van der Waals surface area (Å²) < 4.78 is 0. The minimum absolute atomic E-state index is 0.183. The van der Waals surface area contributed by atoms with Crippen LogP contribution in [-0.2, 0) is 0 Å². The van der Waals surface area contributed by atoms with Gasteiger partial charge in [-0.15, -0.1) is 0 Å². The summed E-state index contributed by atoms with van der Waals surface area (Å²) in [5, 5.41) is 22.5. The molecule has 1 aliphatic rings. The number of aromatic hydroxyl groups is 1. The van der Waals surface area contributed by atoms with Crippen LogP contribution in [0.5, 0.6) is 5.75 Å². The molecule has 0 aromatic heterocycles. The maximum Gasteiger partial charge on any atom is 0.251 e. The third-order valence-electron chi connectivity index (χ3n) is 3.82. The van der Waals surface area contributed by atoms with Crippen molar-refractivity contribution in [2.75, 3.05) is 6.54 Å². The molecular weight excluding hydrogens is 242 g/mol. The van der Waals surface area contributed by atoms with Gasteiger partial charge >= 0.3 is 0 Å². The van der Waals surface area contributed by atoms with Crippen LogP contribution in [0.4, 0.5) is 0 Å². The van der Waals surface area contributed by atoms with Crippen LogP contribution < -0.4 is 5.32 Å². The third kappa shape index (κ3) is 3.47. The molecule has 4 heteroatoms. The van der Waals surface area contributed by atoms with E-state index in [-0.39, 0.29) is 11.7 Å². The number of nitrogens with one attached hydrogen (secondary N) is 1. The maximum atomic E-state index is 12.0. The van der Waals surface area contributed by atoms with Crippen molar-refractivity contribution in [3.8, 4) is 5.75 Å². The number of hydrogen-bond acceptors (Lipinski definition) is 3. The van der Waals surface area contributed by atoms with E-state index >= 15 is 0 Å². The van der Waals surface area contributed by atoms with Gasteiger partial charge in [-0.05, 0) is 43.5 Å². The second-order valence-electron chi connectivity index (χ2n) is 5.47. The Labute approximate surface area is 113 Å². The summed E-state index contributed by atoms with van der Waals surface area (Å²) in [6, 6.07) is 4.75. The van der Waals surface area contributed by atoms with Crippen molar-refractivity contribution in [3.05, 3.63) is 29.3 Å². The van der Waals surface area contributed by atoms with Crippen molar-refractivity contribution >= 4 is 5.91 Å². The molecule has 1 saturated carbocycles. The number of aliphatic hydroxyl groups is 1. The van der Waals surface area contributed by atoms with Crippen LogP contribution in [0.2, 0.25) is 0 Å². The second kappa shape index (κ2) is 5.61. The lowest BCUT2D eigenvalue weighted by Gasteiger charge is -2.32. The molecule has 19 heavy (non-hydrogen) atoms. The zero-order valence-corrected chi connectivity index (χ0v) is 11.3. The van der Waals surface area contributed by atoms with Crippen molar-refractivity contribution in [2.24, 2.45) is 0 Å². The summed E-state index contributed by atoms with van der Waals surface area (Å²) in [7, 11) is 0. The van der Waals surface area contributed by atoms with Crippen LogP contribution in [0.25, 0.3) is 0 Å². The van der Waals surface area contributed by atoms with Crippen molar-refractivity contribution in [2.45, 2.75) is 44.6 Å². The molecule has 1 aromatic carbocycles. The minimum atomic E-state index is -0.750. The smallest absolute Gasteiger partial charge is 0.251 e. The van der Waals surface area contributed by atoms with E-state index in [1.54, 1.807) is 19.1 Å². The van der Waals surface area contributed by atoms with E-state index < -0.39 is 5.60 Å². The van der Waals surface area contributed by atoms with Crippen molar-refractivity contribution in [1.29, 1.82) is 0 Å². The summed E-state index contributed by atoms with van der Waals surface area (Å²) in [5.74, 6) is -0.0236. The first-order chi connectivity index (χ1) is 9.00. The van der Waals surface area contributed by atoms with Gasteiger partial charge in [0.25, 0.3) is 5.91 Å². The first kappa shape index (κ1) is 13.9. The topological polar surface area (TPSA) is 69.6 Å². The molecule has 3 N–H and O–H groups in total. The maximum absolute atomic E-state index is 12.0. The Morgan fingerprint density at radius 1 is 1.32 bits per heavy atom. The van der Waals surface area contributed by atoms with Crippen molar-refractivity contribution < 1.29 is 15.0 Å². The van der Waals surface area contributed by atoms with Crippen LogP contribution >= 0.6 is 0 Å². The predicted molar refractivity (Wildman–Crippen MR) is 73.2 cm³/mol. The van der Waals surface area contributed by atoms with Gasteiger partial charge in [-0.3, -0.25) is 4.79 Å². The van der Waals surface area contributed by atoms with Crippen LogP contribution in [0, 0.1) is 6.92 Å². The Kier molecular flexibility index (Phi) is 4.10. The molecule has 0 saturated heterocycles. The van der Waals surface area contributed by atoms with Crippen LogP contribution in [-0.4, -0.2) is 28.3 Å². The highest BCUT2D eigenvalue weighted by molar-refractivity contribution is 5.94. The number of hydrogen-bond donors (Lipinski definition) is 3. The van der Waals surface area contributed by atoms with Crippen molar-refractivity contribution in [1.82, 2.24) is 5.32 Å². The monoisotopic (exact) mass is 263 g/mol. The number of aryl methyl sites for hydroxylation is 1. The summed E-state index contributed by atoms with van der Waals surface area (Å²) >= 11 is 0. The van der Waals surface area contributed by atoms with Gasteiger partial charge in [0.1, 0.15) is 5.75 Å². The summed E-state index contributed by atoms with van der Waals surface area (Å²) in [6.45, 7) is 2.05. The van der Waals surface area contributed by atoms with Gasteiger partial charge < -0.3 is 15.5 Å². The highest BCUT2D eigenvalue weighted by Crippen LogP contribution is 2.27. The molecule has 0 spiro atoms. The zero-order valence-electron chi connectivity index (χ0n) is 11.3. The molecule has 1 amide bonds. The average Bonchev–Trinajstić information content (AvgIpc) is 2.40. The first-order valence-corrected chi connectivity index (χ1v) is 6.80. The Balaban J connectivity index is 1.95. The number of phenolic OH excluding ortho intramolecular Hbond substituents is 1. The lowest BCUT2D eigenvalue weighted by molar-refractivity contribution is 0.00525. The fraction of sp³-hybridized carbons (Fsp3) is 0.533. The molecule has 4 nitrogen and oxygen atoms in total. The molecule has 0 bridgehead atoms. The number of phenols is 1. The quantitative estimate of drug-likeness (QED) is 0.782. The molecule has 104 valence electrons. The highest BCUT2D eigenvalue weighted by atomic mass is 16.3. The molecule has 0 aliphatic heterocycles. The largest absolute Gasteiger partial charge is 0.508 e. The lowest BCUT2D eigenvalue weighted by atomic mass is 9.85. The van der Waals surface area contributed by atoms with E-state index in [4.69, 9.17) is 0 Å². The molecule has 1 aromatic rings. The fourth-order valence-corrected chi connectivity index (χ4v) is 2.53. The Hall–Kier alpha value is -1.55. The third-order valence-corrected chi connectivity index (χ3v) is 3.82. The molecule has 0 unspecified atom stereocenters. The van der Waals surface area contributed by atoms with Gasteiger partial charge in [0.15, 0.2) is 0 Å². The van der Waals surface area contributed by atoms with Gasteiger partial charge in [0.05, 0.1) is 5.60 Å². The normalized spacial score (nSPS) is 18.0.